The van der Waals surface area contributed by atoms with Gasteiger partial charge in [-0.3, -0.25) is 0 Å². The second-order valence-electron chi connectivity index (χ2n) is 7.43. The van der Waals surface area contributed by atoms with Crippen LogP contribution in [0.3, 0.4) is 0 Å². The van der Waals surface area contributed by atoms with Crippen LogP contribution in [0.15, 0.2) is 36.7 Å². The molecule has 2 aromatic heterocycles. The molecule has 4 heterocycles. The molecule has 0 spiro atoms. The number of aromatic nitrogens is 2. The second kappa shape index (κ2) is 9.21. The van der Waals surface area contributed by atoms with E-state index in [9.17, 15) is 0 Å². The van der Waals surface area contributed by atoms with Crippen molar-refractivity contribution in [2.45, 2.75) is 25.3 Å². The van der Waals surface area contributed by atoms with E-state index in [1.165, 1.54) is 5.69 Å². The Hall–Kier alpha value is -2.38. The molecule has 0 aromatic carbocycles. The van der Waals surface area contributed by atoms with Crippen LogP contribution in [0.2, 0.25) is 0 Å². The summed E-state index contributed by atoms with van der Waals surface area (Å²) < 4.78 is 5.45. The summed E-state index contributed by atoms with van der Waals surface area (Å²) in [6.07, 6.45) is 6.66. The first-order valence-electron chi connectivity index (χ1n) is 10.2. The summed E-state index contributed by atoms with van der Waals surface area (Å²) in [4.78, 5) is 13.8. The maximum absolute atomic E-state index is 9.05. The summed E-state index contributed by atoms with van der Waals surface area (Å²) in [6.45, 7) is 5.52. The molecule has 2 aliphatic heterocycles. The van der Waals surface area contributed by atoms with Crippen molar-refractivity contribution in [2.24, 2.45) is 0 Å². The standard InChI is InChI=1S/C21H29N5O2/c27-11-6-17-3-4-21(23-15-17)26-8-1-2-18(16-26)24-20-14-19(5-7-22-20)25-9-12-28-13-10-25/h3-5,7,14-15,18,27H,1-2,6,8-13,16H2,(H,22,24)/t18-/m1/s1. The smallest absolute Gasteiger partial charge is 0.128 e. The highest BCUT2D eigenvalue weighted by molar-refractivity contribution is 5.54. The molecule has 150 valence electrons. The minimum absolute atomic E-state index is 0.160. The number of anilines is 3. The average Bonchev–Trinajstić information content (AvgIpc) is 2.76. The van der Waals surface area contributed by atoms with Gasteiger partial charge in [-0.2, -0.15) is 0 Å². The zero-order valence-corrected chi connectivity index (χ0v) is 16.3. The van der Waals surface area contributed by atoms with E-state index < -0.39 is 0 Å². The van der Waals surface area contributed by atoms with Gasteiger partial charge >= 0.3 is 0 Å². The lowest BCUT2D eigenvalue weighted by Crippen LogP contribution is -2.42. The maximum Gasteiger partial charge on any atom is 0.128 e. The lowest BCUT2D eigenvalue weighted by atomic mass is 10.1. The third kappa shape index (κ3) is 4.72. The number of hydrogen-bond donors (Lipinski definition) is 2. The Kier molecular flexibility index (Phi) is 6.24. The Labute approximate surface area is 166 Å². The van der Waals surface area contributed by atoms with Gasteiger partial charge in [0.2, 0.25) is 0 Å². The number of hydrogen-bond acceptors (Lipinski definition) is 7. The first-order valence-corrected chi connectivity index (χ1v) is 10.2. The van der Waals surface area contributed by atoms with E-state index >= 15 is 0 Å². The minimum Gasteiger partial charge on any atom is -0.396 e. The third-order valence-electron chi connectivity index (χ3n) is 5.43. The summed E-state index contributed by atoms with van der Waals surface area (Å²) in [5.41, 5.74) is 2.27. The molecular weight excluding hydrogens is 354 g/mol. The van der Waals surface area contributed by atoms with Crippen molar-refractivity contribution in [2.75, 3.05) is 61.1 Å². The van der Waals surface area contributed by atoms with Crippen LogP contribution in [0.1, 0.15) is 18.4 Å². The molecule has 2 aliphatic rings. The van der Waals surface area contributed by atoms with Gasteiger partial charge in [0.05, 0.1) is 13.2 Å². The maximum atomic E-state index is 9.05. The third-order valence-corrected chi connectivity index (χ3v) is 5.43. The molecule has 0 aliphatic carbocycles. The number of aliphatic hydroxyl groups is 1. The lowest BCUT2D eigenvalue weighted by Gasteiger charge is -2.34. The number of ether oxygens (including phenoxy) is 1. The van der Waals surface area contributed by atoms with Crippen LogP contribution in [0.4, 0.5) is 17.3 Å². The van der Waals surface area contributed by atoms with Crippen LogP contribution in [0.25, 0.3) is 0 Å². The molecule has 0 bridgehead atoms. The molecule has 2 aromatic rings. The van der Waals surface area contributed by atoms with Crippen molar-refractivity contribution in [3.05, 3.63) is 42.2 Å². The summed E-state index contributed by atoms with van der Waals surface area (Å²) in [5, 5.41) is 12.7. The fourth-order valence-electron chi connectivity index (χ4n) is 3.91. The number of morpholine rings is 1. The van der Waals surface area contributed by atoms with E-state index in [-0.39, 0.29) is 6.61 Å². The molecule has 0 radical (unpaired) electrons. The van der Waals surface area contributed by atoms with E-state index in [0.29, 0.717) is 12.5 Å². The monoisotopic (exact) mass is 383 g/mol. The fourth-order valence-corrected chi connectivity index (χ4v) is 3.91. The molecule has 0 amide bonds. The van der Waals surface area contributed by atoms with Gasteiger partial charge in [0.15, 0.2) is 0 Å². The summed E-state index contributed by atoms with van der Waals surface area (Å²) in [6, 6.07) is 8.68. The van der Waals surface area contributed by atoms with E-state index in [2.05, 4.69) is 49.4 Å². The Bertz CT molecular complexity index is 749. The summed E-state index contributed by atoms with van der Waals surface area (Å²) in [5.74, 6) is 1.94. The number of nitrogens with one attached hydrogen (secondary N) is 1. The van der Waals surface area contributed by atoms with Gasteiger partial charge in [-0.15, -0.1) is 0 Å². The van der Waals surface area contributed by atoms with Crippen LogP contribution < -0.4 is 15.1 Å². The highest BCUT2D eigenvalue weighted by Gasteiger charge is 2.21. The highest BCUT2D eigenvalue weighted by Crippen LogP contribution is 2.23. The van der Waals surface area contributed by atoms with Crippen molar-refractivity contribution >= 4 is 17.3 Å². The number of rotatable bonds is 6. The zero-order chi connectivity index (χ0) is 19.2. The Balaban J connectivity index is 1.38. The number of piperidine rings is 1. The van der Waals surface area contributed by atoms with Crippen molar-refractivity contribution in [1.29, 1.82) is 0 Å². The molecule has 2 N–H and O–H groups in total. The molecule has 0 unspecified atom stereocenters. The number of aliphatic hydroxyl groups excluding tert-OH is 1. The number of nitrogens with zero attached hydrogens (tertiary/aromatic N) is 4. The van der Waals surface area contributed by atoms with Crippen molar-refractivity contribution in [3.63, 3.8) is 0 Å². The topological polar surface area (TPSA) is 73.8 Å². The Morgan fingerprint density at radius 2 is 2.00 bits per heavy atom. The molecule has 28 heavy (non-hydrogen) atoms. The van der Waals surface area contributed by atoms with E-state index in [1.54, 1.807) is 0 Å². The normalized spacial score (nSPS) is 20.2. The molecule has 4 rings (SSSR count). The van der Waals surface area contributed by atoms with Crippen molar-refractivity contribution in [3.8, 4) is 0 Å². The Morgan fingerprint density at radius 1 is 1.11 bits per heavy atom. The summed E-state index contributed by atoms with van der Waals surface area (Å²) in [7, 11) is 0. The largest absolute Gasteiger partial charge is 0.396 e. The molecule has 0 saturated carbocycles. The van der Waals surface area contributed by atoms with Gasteiger partial charge in [0.1, 0.15) is 11.6 Å². The SMILES string of the molecule is OCCc1ccc(N2CCC[C@@H](Nc3cc(N4CCOCC4)ccn3)C2)nc1. The van der Waals surface area contributed by atoms with Gasteiger partial charge in [0.25, 0.3) is 0 Å². The zero-order valence-electron chi connectivity index (χ0n) is 16.3. The molecule has 1 atom stereocenters. The van der Waals surface area contributed by atoms with E-state index in [4.69, 9.17) is 9.84 Å². The van der Waals surface area contributed by atoms with Crippen LogP contribution in [-0.4, -0.2) is 67.1 Å². The lowest BCUT2D eigenvalue weighted by molar-refractivity contribution is 0.122. The second-order valence-corrected chi connectivity index (χ2v) is 7.43. The number of pyridine rings is 2. The van der Waals surface area contributed by atoms with Crippen LogP contribution >= 0.6 is 0 Å². The quantitative estimate of drug-likeness (QED) is 0.790. The van der Waals surface area contributed by atoms with Crippen molar-refractivity contribution < 1.29 is 9.84 Å². The van der Waals surface area contributed by atoms with Crippen LogP contribution in [0, 0.1) is 0 Å². The average molecular weight is 383 g/mol. The van der Waals surface area contributed by atoms with Crippen LogP contribution in [-0.2, 0) is 11.2 Å². The molecular formula is C21H29N5O2. The first-order chi connectivity index (χ1) is 13.8. The molecule has 2 fully saturated rings. The predicted octanol–water partition coefficient (Wildman–Crippen LogP) is 1.93. The molecule has 7 heteroatoms. The Morgan fingerprint density at radius 3 is 2.79 bits per heavy atom. The van der Waals surface area contributed by atoms with Gasteiger partial charge in [-0.05, 0) is 37.0 Å². The fraction of sp³-hybridized carbons (Fsp3) is 0.524. The van der Waals surface area contributed by atoms with Gasteiger partial charge in [0, 0.05) is 63.0 Å². The van der Waals surface area contributed by atoms with Gasteiger partial charge in [-0.25, -0.2) is 9.97 Å². The first kappa shape index (κ1) is 19.0. The van der Waals surface area contributed by atoms with Crippen LogP contribution in [0.5, 0.6) is 0 Å². The highest BCUT2D eigenvalue weighted by atomic mass is 16.5. The summed E-state index contributed by atoms with van der Waals surface area (Å²) >= 11 is 0. The molecule has 7 nitrogen and oxygen atoms in total. The van der Waals surface area contributed by atoms with Crippen molar-refractivity contribution in [1.82, 2.24) is 9.97 Å². The van der Waals surface area contributed by atoms with Gasteiger partial charge < -0.3 is 25.0 Å². The van der Waals surface area contributed by atoms with Gasteiger partial charge in [-0.1, -0.05) is 6.07 Å². The predicted molar refractivity (Wildman–Crippen MR) is 111 cm³/mol. The van der Waals surface area contributed by atoms with E-state index in [1.807, 2.05) is 12.4 Å². The van der Waals surface area contributed by atoms with E-state index in [0.717, 1.165) is 69.4 Å². The minimum atomic E-state index is 0.160. The molecule has 2 saturated heterocycles.